The van der Waals surface area contributed by atoms with Gasteiger partial charge in [-0.3, -0.25) is 14.2 Å². The molecule has 0 radical (unpaired) electrons. The summed E-state index contributed by atoms with van der Waals surface area (Å²) in [7, 11) is -2.83. The Morgan fingerprint density at radius 3 is 2.74 bits per heavy atom. The van der Waals surface area contributed by atoms with E-state index in [1.165, 1.54) is 19.2 Å². The summed E-state index contributed by atoms with van der Waals surface area (Å²) >= 11 is 0. The number of rotatable bonds is 9. The summed E-state index contributed by atoms with van der Waals surface area (Å²) < 4.78 is 54.1. The summed E-state index contributed by atoms with van der Waals surface area (Å²) in [5.41, 5.74) is 2.24. The Bertz CT molecular complexity index is 1530. The molecule has 0 fully saturated rings. The quantitative estimate of drug-likeness (QED) is 0.338. The zero-order chi connectivity index (χ0) is 25.2. The first-order chi connectivity index (χ1) is 16.7. The standard InChI is InChI=1S/C23H22FN5O5S/c1-14(2)23(30)25-10-16-11-26-29(13-16)12-15-8-18(33-3)21-19(9-15)34-27-22(21)28-35(31,32)20-7-5-4-6-17(20)24/h4-9,11,13H,1,10,12H2,2-3H3,(H,25,30)(H,27,28). The minimum absolute atomic E-state index is 0.124. The van der Waals surface area contributed by atoms with Crippen molar-refractivity contribution >= 4 is 32.7 Å². The highest BCUT2D eigenvalue weighted by Gasteiger charge is 2.24. The number of anilines is 1. The first kappa shape index (κ1) is 24.0. The smallest absolute Gasteiger partial charge is 0.266 e. The lowest BCUT2D eigenvalue weighted by Gasteiger charge is -2.09. The van der Waals surface area contributed by atoms with E-state index in [-0.39, 0.29) is 17.3 Å². The average molecular weight is 500 g/mol. The molecular formula is C23H22FN5O5S. The van der Waals surface area contributed by atoms with Crippen LogP contribution in [0.4, 0.5) is 10.2 Å². The highest BCUT2D eigenvalue weighted by molar-refractivity contribution is 7.92. The van der Waals surface area contributed by atoms with Crippen LogP contribution >= 0.6 is 0 Å². The Morgan fingerprint density at radius 1 is 1.26 bits per heavy atom. The van der Waals surface area contributed by atoms with E-state index < -0.39 is 20.7 Å². The number of carbonyl (C=O) groups excluding carboxylic acids is 1. The van der Waals surface area contributed by atoms with Gasteiger partial charge in [0.1, 0.15) is 21.8 Å². The lowest BCUT2D eigenvalue weighted by Crippen LogP contribution is -2.22. The molecule has 2 aromatic carbocycles. The van der Waals surface area contributed by atoms with Crippen LogP contribution < -0.4 is 14.8 Å². The first-order valence-electron chi connectivity index (χ1n) is 10.4. The van der Waals surface area contributed by atoms with Gasteiger partial charge in [-0.25, -0.2) is 12.8 Å². The van der Waals surface area contributed by atoms with Gasteiger partial charge in [-0.1, -0.05) is 23.9 Å². The number of benzene rings is 2. The number of nitrogens with zero attached hydrogens (tertiary/aromatic N) is 3. The lowest BCUT2D eigenvalue weighted by molar-refractivity contribution is -0.117. The molecular weight excluding hydrogens is 477 g/mol. The third-order valence-corrected chi connectivity index (χ3v) is 6.42. The summed E-state index contributed by atoms with van der Waals surface area (Å²) in [4.78, 5) is 11.2. The van der Waals surface area contributed by atoms with Crippen LogP contribution in [0.5, 0.6) is 5.75 Å². The van der Waals surface area contributed by atoms with Crippen LogP contribution in [0.1, 0.15) is 18.1 Å². The second-order valence-corrected chi connectivity index (χ2v) is 9.40. The molecule has 1 amide bonds. The maximum absolute atomic E-state index is 14.0. The molecule has 4 rings (SSSR count). The molecule has 0 saturated heterocycles. The van der Waals surface area contributed by atoms with E-state index in [9.17, 15) is 17.6 Å². The van der Waals surface area contributed by atoms with Crippen molar-refractivity contribution in [3.8, 4) is 5.75 Å². The van der Waals surface area contributed by atoms with Gasteiger partial charge in [0.25, 0.3) is 10.0 Å². The van der Waals surface area contributed by atoms with Crippen molar-refractivity contribution in [1.82, 2.24) is 20.3 Å². The van der Waals surface area contributed by atoms with Crippen molar-refractivity contribution in [2.45, 2.75) is 24.9 Å². The van der Waals surface area contributed by atoms with Gasteiger partial charge in [0.15, 0.2) is 11.4 Å². The van der Waals surface area contributed by atoms with E-state index in [4.69, 9.17) is 9.26 Å². The SMILES string of the molecule is C=C(C)C(=O)NCc1cnn(Cc2cc(OC)c3c(NS(=O)(=O)c4ccccc4F)noc3c2)c1. The predicted octanol–water partition coefficient (Wildman–Crippen LogP) is 3.21. The van der Waals surface area contributed by atoms with Gasteiger partial charge in [-0.05, 0) is 36.8 Å². The number of nitrogens with one attached hydrogen (secondary N) is 2. The molecule has 0 aliphatic carbocycles. The van der Waals surface area contributed by atoms with E-state index in [0.717, 1.165) is 23.3 Å². The minimum Gasteiger partial charge on any atom is -0.496 e. The summed E-state index contributed by atoms with van der Waals surface area (Å²) in [5.74, 6) is -0.938. The van der Waals surface area contributed by atoms with Crippen LogP contribution in [-0.4, -0.2) is 36.4 Å². The second-order valence-electron chi connectivity index (χ2n) is 7.75. The van der Waals surface area contributed by atoms with E-state index >= 15 is 0 Å². The van der Waals surface area contributed by atoms with Gasteiger partial charge in [0.05, 0.1) is 19.9 Å². The number of ether oxygens (including phenoxy) is 1. The maximum atomic E-state index is 14.0. The van der Waals surface area contributed by atoms with Crippen LogP contribution in [-0.2, 0) is 27.9 Å². The van der Waals surface area contributed by atoms with Crippen molar-refractivity contribution in [3.05, 3.63) is 77.9 Å². The number of methoxy groups -OCH3 is 1. The molecule has 0 atom stereocenters. The molecule has 12 heteroatoms. The predicted molar refractivity (Wildman–Crippen MR) is 126 cm³/mol. The van der Waals surface area contributed by atoms with Crippen LogP contribution in [0.25, 0.3) is 11.0 Å². The second kappa shape index (κ2) is 9.58. The number of hydrogen-bond donors (Lipinski definition) is 2. The molecule has 182 valence electrons. The Kier molecular flexibility index (Phi) is 6.56. The number of carbonyl (C=O) groups is 1. The van der Waals surface area contributed by atoms with Gasteiger partial charge in [0, 0.05) is 23.9 Å². The highest BCUT2D eigenvalue weighted by Crippen LogP contribution is 2.35. The molecule has 0 aliphatic heterocycles. The molecule has 0 bridgehead atoms. The van der Waals surface area contributed by atoms with Gasteiger partial charge >= 0.3 is 0 Å². The van der Waals surface area contributed by atoms with Crippen molar-refractivity contribution in [3.63, 3.8) is 0 Å². The average Bonchev–Trinajstić information content (AvgIpc) is 3.43. The fourth-order valence-electron chi connectivity index (χ4n) is 3.36. The Morgan fingerprint density at radius 2 is 2.03 bits per heavy atom. The number of aromatic nitrogens is 3. The zero-order valence-corrected chi connectivity index (χ0v) is 19.7. The number of amides is 1. The molecule has 2 aromatic heterocycles. The van der Waals surface area contributed by atoms with Crippen molar-refractivity contribution in [2.24, 2.45) is 0 Å². The van der Waals surface area contributed by atoms with E-state index in [1.54, 1.807) is 36.1 Å². The summed E-state index contributed by atoms with van der Waals surface area (Å²) in [6, 6.07) is 8.39. The number of fused-ring (bicyclic) bond motifs is 1. The van der Waals surface area contributed by atoms with Crippen LogP contribution in [0.15, 0.2) is 70.4 Å². The van der Waals surface area contributed by atoms with Crippen LogP contribution in [0.3, 0.4) is 0 Å². The fraction of sp³-hybridized carbons (Fsp3) is 0.174. The normalized spacial score (nSPS) is 11.4. The number of hydrogen-bond acceptors (Lipinski definition) is 7. The molecule has 0 aliphatic rings. The summed E-state index contributed by atoms with van der Waals surface area (Å²) in [6.07, 6.45) is 3.42. The third-order valence-electron chi connectivity index (χ3n) is 5.05. The highest BCUT2D eigenvalue weighted by atomic mass is 32.2. The summed E-state index contributed by atoms with van der Waals surface area (Å²) in [5, 5.41) is 11.1. The van der Waals surface area contributed by atoms with Crippen molar-refractivity contribution < 1.29 is 26.9 Å². The van der Waals surface area contributed by atoms with Gasteiger partial charge in [-0.15, -0.1) is 0 Å². The van der Waals surface area contributed by atoms with Gasteiger partial charge in [0.2, 0.25) is 5.91 Å². The molecule has 0 saturated carbocycles. The number of sulfonamides is 1. The van der Waals surface area contributed by atoms with E-state index in [2.05, 4.69) is 26.9 Å². The monoisotopic (exact) mass is 499 g/mol. The fourth-order valence-corrected chi connectivity index (χ4v) is 4.45. The lowest BCUT2D eigenvalue weighted by atomic mass is 10.1. The molecule has 4 aromatic rings. The van der Waals surface area contributed by atoms with Gasteiger partial charge in [-0.2, -0.15) is 5.10 Å². The molecule has 2 N–H and O–H groups in total. The minimum atomic E-state index is -4.26. The maximum Gasteiger partial charge on any atom is 0.266 e. The van der Waals surface area contributed by atoms with Crippen LogP contribution in [0.2, 0.25) is 0 Å². The molecule has 35 heavy (non-hydrogen) atoms. The first-order valence-corrected chi connectivity index (χ1v) is 11.8. The van der Waals surface area contributed by atoms with Gasteiger partial charge < -0.3 is 14.6 Å². The largest absolute Gasteiger partial charge is 0.496 e. The Labute approximate surface area is 200 Å². The Balaban J connectivity index is 1.57. The van der Waals surface area contributed by atoms with E-state index in [0.29, 0.717) is 29.8 Å². The third kappa shape index (κ3) is 5.17. The topological polar surface area (TPSA) is 128 Å². The summed E-state index contributed by atoms with van der Waals surface area (Å²) in [6.45, 7) is 5.88. The zero-order valence-electron chi connectivity index (χ0n) is 18.9. The molecule has 0 unspecified atom stereocenters. The molecule has 0 spiro atoms. The van der Waals surface area contributed by atoms with E-state index in [1.807, 2.05) is 0 Å². The Hall–Kier alpha value is -4.19. The van der Waals surface area contributed by atoms with Crippen molar-refractivity contribution in [2.75, 3.05) is 11.8 Å². The van der Waals surface area contributed by atoms with Crippen molar-refractivity contribution in [1.29, 1.82) is 0 Å². The van der Waals surface area contributed by atoms with Crippen LogP contribution in [0, 0.1) is 5.82 Å². The number of halogens is 1. The molecule has 10 nitrogen and oxygen atoms in total. The molecule has 2 heterocycles.